The maximum atomic E-state index is 10.6. The quantitative estimate of drug-likeness (QED) is 0.510. The highest BCUT2D eigenvalue weighted by atomic mass is 16.1. The zero-order valence-corrected chi connectivity index (χ0v) is 13.3. The predicted octanol–water partition coefficient (Wildman–Crippen LogP) is 3.00. The molecule has 1 fully saturated rings. The van der Waals surface area contributed by atoms with Crippen LogP contribution in [0.15, 0.2) is 47.1 Å². The Kier molecular flexibility index (Phi) is 5.67. The van der Waals surface area contributed by atoms with Crippen molar-refractivity contribution >= 4 is 17.8 Å². The van der Waals surface area contributed by atoms with E-state index in [0.717, 1.165) is 54.0 Å². The second kappa shape index (κ2) is 7.71. The molecule has 1 aliphatic heterocycles. The molecule has 1 saturated heterocycles. The van der Waals surface area contributed by atoms with Crippen molar-refractivity contribution in [3.8, 4) is 0 Å². The van der Waals surface area contributed by atoms with E-state index in [2.05, 4.69) is 22.2 Å². The molecule has 0 unspecified atom stereocenters. The van der Waals surface area contributed by atoms with E-state index in [9.17, 15) is 4.79 Å². The third-order valence-corrected chi connectivity index (χ3v) is 3.75. The molecular weight excluding hydrogens is 274 g/mol. The van der Waals surface area contributed by atoms with E-state index in [4.69, 9.17) is 0 Å². The summed E-state index contributed by atoms with van der Waals surface area (Å²) in [5.41, 5.74) is 5.46. The lowest BCUT2D eigenvalue weighted by atomic mass is 10.0. The fraction of sp³-hybridized carbons (Fsp3) is 0.333. The molecule has 1 aromatic rings. The van der Waals surface area contributed by atoms with Gasteiger partial charge in [0.1, 0.15) is 12.1 Å². The summed E-state index contributed by atoms with van der Waals surface area (Å²) in [4.78, 5) is 15.1. The summed E-state index contributed by atoms with van der Waals surface area (Å²) >= 11 is 0. The Morgan fingerprint density at radius 3 is 3.00 bits per heavy atom. The van der Waals surface area contributed by atoms with E-state index < -0.39 is 0 Å². The average molecular weight is 297 g/mol. The van der Waals surface area contributed by atoms with E-state index in [1.807, 2.05) is 38.2 Å². The molecule has 0 bridgehead atoms. The highest BCUT2D eigenvalue weighted by molar-refractivity contribution is 5.94. The van der Waals surface area contributed by atoms with Crippen LogP contribution in [0.3, 0.4) is 0 Å². The zero-order valence-electron chi connectivity index (χ0n) is 13.3. The molecule has 1 aromatic carbocycles. The van der Waals surface area contributed by atoms with Crippen LogP contribution in [0.25, 0.3) is 0 Å². The van der Waals surface area contributed by atoms with Crippen LogP contribution >= 0.6 is 0 Å². The molecule has 1 aliphatic rings. The topological polar surface area (TPSA) is 53.5 Å². The minimum Gasteiger partial charge on any atom is -0.344 e. The van der Waals surface area contributed by atoms with Crippen molar-refractivity contribution in [3.63, 3.8) is 0 Å². The fourth-order valence-corrected chi connectivity index (χ4v) is 2.42. The number of benzene rings is 1. The Morgan fingerprint density at radius 2 is 2.32 bits per heavy atom. The molecular formula is C18H23N3O. The summed E-state index contributed by atoms with van der Waals surface area (Å²) in [6.45, 7) is 9.81. The molecule has 0 saturated carbocycles. The number of anilines is 1. The number of carbonyl (C=O) groups is 1. The van der Waals surface area contributed by atoms with Crippen LogP contribution in [0.4, 0.5) is 5.69 Å². The summed E-state index contributed by atoms with van der Waals surface area (Å²) in [5.74, 6) is 0.835. The van der Waals surface area contributed by atoms with Gasteiger partial charge in [0.15, 0.2) is 0 Å². The number of hydrogen-bond donors (Lipinski definition) is 2. The van der Waals surface area contributed by atoms with Gasteiger partial charge in [-0.3, -0.25) is 0 Å². The van der Waals surface area contributed by atoms with Crippen molar-refractivity contribution in [2.45, 2.75) is 26.7 Å². The number of carbonyl (C=O) groups excluding carboxylic acids is 1. The van der Waals surface area contributed by atoms with E-state index in [1.165, 1.54) is 5.57 Å². The number of nitrogens with one attached hydrogen (secondary N) is 2. The van der Waals surface area contributed by atoms with Crippen LogP contribution in [0.1, 0.15) is 24.5 Å². The van der Waals surface area contributed by atoms with Crippen LogP contribution in [0, 0.1) is 6.92 Å². The van der Waals surface area contributed by atoms with E-state index in [0.29, 0.717) is 6.42 Å². The van der Waals surface area contributed by atoms with Crippen molar-refractivity contribution < 1.29 is 4.79 Å². The second-order valence-corrected chi connectivity index (χ2v) is 5.54. The molecule has 4 nitrogen and oxygen atoms in total. The predicted molar refractivity (Wildman–Crippen MR) is 92.4 cm³/mol. The molecule has 4 heteroatoms. The molecule has 0 atom stereocenters. The minimum atomic E-state index is 0.460. The molecule has 2 rings (SSSR count). The Hall–Kier alpha value is -2.20. The van der Waals surface area contributed by atoms with Gasteiger partial charge in [0.05, 0.1) is 0 Å². The van der Waals surface area contributed by atoms with Gasteiger partial charge >= 0.3 is 0 Å². The zero-order chi connectivity index (χ0) is 15.9. The minimum absolute atomic E-state index is 0.460. The molecule has 2 N–H and O–H groups in total. The summed E-state index contributed by atoms with van der Waals surface area (Å²) < 4.78 is 0. The van der Waals surface area contributed by atoms with Crippen molar-refractivity contribution in [2.75, 3.05) is 18.4 Å². The lowest BCUT2D eigenvalue weighted by Crippen LogP contribution is -2.25. The Balaban J connectivity index is 2.04. The van der Waals surface area contributed by atoms with Crippen LogP contribution in [0.2, 0.25) is 0 Å². The van der Waals surface area contributed by atoms with Crippen LogP contribution in [-0.4, -0.2) is 25.2 Å². The first-order chi connectivity index (χ1) is 10.6. The summed E-state index contributed by atoms with van der Waals surface area (Å²) in [5, 5.41) is 6.56. The number of aldehydes is 1. The maximum Gasteiger partial charge on any atom is 0.124 e. The van der Waals surface area contributed by atoms with Gasteiger partial charge in [-0.2, -0.15) is 0 Å². The van der Waals surface area contributed by atoms with Gasteiger partial charge in [0.2, 0.25) is 0 Å². The van der Waals surface area contributed by atoms with E-state index in [1.54, 1.807) is 0 Å². The molecule has 0 aliphatic carbocycles. The molecule has 0 radical (unpaired) electrons. The Bertz CT molecular complexity index is 629. The SMILES string of the molecule is C=C1CNCC/C1=C/N=C(C)Nc1ccc(CC=O)c(C)c1. The molecule has 0 aromatic heterocycles. The third-order valence-electron chi connectivity index (χ3n) is 3.75. The summed E-state index contributed by atoms with van der Waals surface area (Å²) in [6.07, 6.45) is 4.26. The second-order valence-electron chi connectivity index (χ2n) is 5.54. The lowest BCUT2D eigenvalue weighted by molar-refractivity contribution is -0.107. The third kappa shape index (κ3) is 4.40. The first kappa shape index (κ1) is 16.2. The average Bonchev–Trinajstić information content (AvgIpc) is 2.49. The van der Waals surface area contributed by atoms with Gasteiger partial charge in [-0.15, -0.1) is 0 Å². The summed E-state index contributed by atoms with van der Waals surface area (Å²) in [7, 11) is 0. The number of nitrogens with zero attached hydrogens (tertiary/aromatic N) is 1. The highest BCUT2D eigenvalue weighted by Crippen LogP contribution is 2.17. The highest BCUT2D eigenvalue weighted by Gasteiger charge is 2.08. The van der Waals surface area contributed by atoms with Gasteiger partial charge in [0.25, 0.3) is 0 Å². The normalized spacial score (nSPS) is 17.6. The molecule has 1 heterocycles. The Morgan fingerprint density at radius 1 is 1.50 bits per heavy atom. The van der Waals surface area contributed by atoms with Crippen molar-refractivity contribution in [2.24, 2.45) is 4.99 Å². The standard InChI is InChI=1S/C18H23N3O/c1-13-10-18(5-4-16(13)7-9-22)21-15(3)20-12-17-6-8-19-11-14(17)2/h4-5,9-10,12,19H,2,6-8,11H2,1,3H3,(H,20,21)/b17-12-. The van der Waals surface area contributed by atoms with E-state index >= 15 is 0 Å². The van der Waals surface area contributed by atoms with Crippen LogP contribution in [-0.2, 0) is 11.2 Å². The fourth-order valence-electron chi connectivity index (χ4n) is 2.42. The van der Waals surface area contributed by atoms with Crippen molar-refractivity contribution in [3.05, 3.63) is 53.3 Å². The lowest BCUT2D eigenvalue weighted by Gasteiger charge is -2.17. The first-order valence-corrected chi connectivity index (χ1v) is 7.52. The van der Waals surface area contributed by atoms with Gasteiger partial charge < -0.3 is 15.4 Å². The van der Waals surface area contributed by atoms with Crippen LogP contribution < -0.4 is 10.6 Å². The molecule has 0 amide bonds. The molecule has 0 spiro atoms. The number of piperidine rings is 1. The number of rotatable bonds is 4. The van der Waals surface area contributed by atoms with Gasteiger partial charge in [-0.25, -0.2) is 4.99 Å². The van der Waals surface area contributed by atoms with Crippen molar-refractivity contribution in [1.82, 2.24) is 5.32 Å². The molecule has 116 valence electrons. The number of hydrogen-bond acceptors (Lipinski definition) is 3. The monoisotopic (exact) mass is 297 g/mol. The number of aryl methyl sites for hydroxylation is 1. The Labute approximate surface area is 132 Å². The van der Waals surface area contributed by atoms with Gasteiger partial charge in [-0.1, -0.05) is 12.6 Å². The van der Waals surface area contributed by atoms with E-state index in [-0.39, 0.29) is 0 Å². The largest absolute Gasteiger partial charge is 0.344 e. The first-order valence-electron chi connectivity index (χ1n) is 7.52. The summed E-state index contributed by atoms with van der Waals surface area (Å²) in [6, 6.07) is 5.99. The van der Waals surface area contributed by atoms with Crippen molar-refractivity contribution in [1.29, 1.82) is 0 Å². The number of amidine groups is 1. The molecule has 22 heavy (non-hydrogen) atoms. The smallest absolute Gasteiger partial charge is 0.124 e. The maximum absolute atomic E-state index is 10.6. The van der Waals surface area contributed by atoms with Gasteiger partial charge in [0, 0.05) is 24.9 Å². The number of aliphatic imine (C=N–C) groups is 1. The van der Waals surface area contributed by atoms with Crippen LogP contribution in [0.5, 0.6) is 0 Å². The van der Waals surface area contributed by atoms with Gasteiger partial charge in [-0.05, 0) is 61.2 Å².